The van der Waals surface area contributed by atoms with Crippen molar-refractivity contribution in [1.29, 1.82) is 0 Å². The van der Waals surface area contributed by atoms with Crippen molar-refractivity contribution in [3.05, 3.63) is 59.7 Å². The normalized spacial score (nSPS) is 25.3. The summed E-state index contributed by atoms with van der Waals surface area (Å²) in [6.45, 7) is 23.9. The second-order valence-corrected chi connectivity index (χ2v) is 24.7. The molecule has 7 heteroatoms. The predicted molar refractivity (Wildman–Crippen MR) is 173 cm³/mol. The average molecular weight is 599 g/mol. The summed E-state index contributed by atoms with van der Waals surface area (Å²) in [4.78, 5) is 0. The van der Waals surface area contributed by atoms with E-state index in [0.29, 0.717) is 5.92 Å². The molecule has 0 radical (unpaired) electrons. The van der Waals surface area contributed by atoms with E-state index in [9.17, 15) is 0 Å². The first kappa shape index (κ1) is 32.3. The molecule has 5 atom stereocenters. The summed E-state index contributed by atoms with van der Waals surface area (Å²) in [5.41, 5.74) is 2.51. The van der Waals surface area contributed by atoms with E-state index in [-0.39, 0.29) is 34.5 Å². The molecule has 41 heavy (non-hydrogen) atoms. The van der Waals surface area contributed by atoms with Crippen LogP contribution in [0.5, 0.6) is 11.5 Å². The van der Waals surface area contributed by atoms with E-state index < -0.39 is 16.6 Å². The quantitative estimate of drug-likeness (QED) is 0.256. The Labute approximate surface area is 251 Å². The number of rotatable bonds is 10. The number of hydrogen-bond donors (Lipinski definition) is 0. The van der Waals surface area contributed by atoms with Gasteiger partial charge in [-0.05, 0) is 65.9 Å². The Bertz CT molecular complexity index is 1170. The Balaban J connectivity index is 1.45. The lowest BCUT2D eigenvalue weighted by atomic mass is 10.1. The fraction of sp³-hybridized carbons (Fsp3) is 0.647. The second-order valence-electron chi connectivity index (χ2n) is 15.1. The average Bonchev–Trinajstić information content (AvgIpc) is 3.40. The van der Waals surface area contributed by atoms with Crippen molar-refractivity contribution in [2.45, 2.75) is 121 Å². The van der Waals surface area contributed by atoms with Gasteiger partial charge in [0.25, 0.3) is 0 Å². The Hall–Kier alpha value is -1.65. The Kier molecular flexibility index (Phi) is 9.57. The summed E-state index contributed by atoms with van der Waals surface area (Å²) in [7, 11) is -2.05. The number of ether oxygens (including phenoxy) is 3. The lowest BCUT2D eigenvalue weighted by Gasteiger charge is -2.41. The number of benzene rings is 2. The van der Waals surface area contributed by atoms with Crippen LogP contribution in [0, 0.1) is 5.92 Å². The summed E-state index contributed by atoms with van der Waals surface area (Å²) in [6, 6.07) is 16.5. The minimum absolute atomic E-state index is 0.0571. The van der Waals surface area contributed by atoms with Gasteiger partial charge in [0.2, 0.25) is 0 Å². The molecule has 0 spiro atoms. The third-order valence-corrected chi connectivity index (χ3v) is 19.1. The van der Waals surface area contributed by atoms with Gasteiger partial charge in [-0.25, -0.2) is 0 Å². The highest BCUT2D eigenvalue weighted by Gasteiger charge is 2.46. The smallest absolute Gasteiger partial charge is 0.192 e. The molecule has 2 aromatic carbocycles. The Morgan fingerprint density at radius 1 is 0.756 bits per heavy atom. The van der Waals surface area contributed by atoms with E-state index in [0.717, 1.165) is 37.4 Å². The molecule has 5 nitrogen and oxygen atoms in total. The van der Waals surface area contributed by atoms with Crippen molar-refractivity contribution in [3.63, 3.8) is 0 Å². The molecule has 0 aromatic heterocycles. The largest absolute Gasteiger partial charge is 0.490 e. The van der Waals surface area contributed by atoms with E-state index in [1.807, 2.05) is 24.3 Å². The molecule has 4 rings (SSSR count). The van der Waals surface area contributed by atoms with Crippen molar-refractivity contribution in [2.24, 2.45) is 5.92 Å². The van der Waals surface area contributed by atoms with Crippen LogP contribution in [-0.2, 0) is 20.0 Å². The van der Waals surface area contributed by atoms with E-state index in [1.165, 1.54) is 11.1 Å². The van der Waals surface area contributed by atoms with E-state index >= 15 is 0 Å². The zero-order valence-electron chi connectivity index (χ0n) is 27.4. The van der Waals surface area contributed by atoms with E-state index in [2.05, 4.69) is 92.0 Å². The molecular formula is C34H54O5Si2. The topological polar surface area (TPSA) is 46.2 Å². The van der Waals surface area contributed by atoms with Gasteiger partial charge in [0.1, 0.15) is 29.8 Å². The molecule has 0 bridgehead atoms. The first-order chi connectivity index (χ1) is 19.0. The van der Waals surface area contributed by atoms with Gasteiger partial charge >= 0.3 is 0 Å². The third kappa shape index (κ3) is 7.47. The lowest BCUT2D eigenvalue weighted by Crippen LogP contribution is -2.46. The van der Waals surface area contributed by atoms with Crippen molar-refractivity contribution < 1.29 is 23.1 Å². The van der Waals surface area contributed by atoms with Gasteiger partial charge in [-0.2, -0.15) is 0 Å². The van der Waals surface area contributed by atoms with Crippen LogP contribution in [0.3, 0.4) is 0 Å². The minimum atomic E-state index is -1.94. The lowest BCUT2D eigenvalue weighted by molar-refractivity contribution is 0.0124. The van der Waals surface area contributed by atoms with Gasteiger partial charge in [-0.15, -0.1) is 0 Å². The molecule has 0 amide bonds. The number of hydrogen-bond acceptors (Lipinski definition) is 5. The van der Waals surface area contributed by atoms with E-state index in [4.69, 9.17) is 23.1 Å². The molecule has 2 aromatic rings. The zero-order chi connectivity index (χ0) is 30.2. The maximum absolute atomic E-state index is 7.02. The molecule has 0 saturated heterocycles. The van der Waals surface area contributed by atoms with E-state index in [1.54, 1.807) is 7.11 Å². The Morgan fingerprint density at radius 2 is 1.39 bits per heavy atom. The van der Waals surface area contributed by atoms with Gasteiger partial charge in [0.15, 0.2) is 16.6 Å². The molecule has 0 aliphatic heterocycles. The summed E-state index contributed by atoms with van der Waals surface area (Å²) < 4.78 is 32.7. The van der Waals surface area contributed by atoms with Gasteiger partial charge in [0.05, 0.1) is 6.10 Å². The van der Waals surface area contributed by atoms with Gasteiger partial charge < -0.3 is 23.1 Å². The minimum Gasteiger partial charge on any atom is -0.490 e. The van der Waals surface area contributed by atoms with Crippen LogP contribution in [0.1, 0.15) is 71.6 Å². The van der Waals surface area contributed by atoms with Crippen LogP contribution in [0.25, 0.3) is 0 Å². The van der Waals surface area contributed by atoms with Crippen molar-refractivity contribution >= 4 is 16.6 Å². The van der Waals surface area contributed by atoms with Crippen molar-refractivity contribution in [1.82, 2.24) is 0 Å². The van der Waals surface area contributed by atoms with Crippen molar-refractivity contribution in [3.8, 4) is 11.5 Å². The van der Waals surface area contributed by atoms with Crippen LogP contribution in [-0.4, -0.2) is 48.7 Å². The number of methoxy groups -OCH3 is 1. The molecule has 0 unspecified atom stereocenters. The van der Waals surface area contributed by atoms with Gasteiger partial charge in [-0.3, -0.25) is 0 Å². The maximum Gasteiger partial charge on any atom is 0.192 e. The molecule has 0 heterocycles. The Morgan fingerprint density at radius 3 is 2.02 bits per heavy atom. The highest BCUT2D eigenvalue weighted by atomic mass is 28.4. The monoisotopic (exact) mass is 598 g/mol. The highest BCUT2D eigenvalue weighted by molar-refractivity contribution is 6.74. The molecule has 1 fully saturated rings. The van der Waals surface area contributed by atoms with Gasteiger partial charge in [0, 0.05) is 38.5 Å². The molecule has 1 saturated carbocycles. The summed E-state index contributed by atoms with van der Waals surface area (Å²) in [5, 5.41) is 0.336. The molecule has 228 valence electrons. The fourth-order valence-electron chi connectivity index (χ4n) is 5.43. The summed E-state index contributed by atoms with van der Waals surface area (Å²) >= 11 is 0. The van der Waals surface area contributed by atoms with Crippen LogP contribution in [0.4, 0.5) is 0 Å². The third-order valence-electron chi connectivity index (χ3n) is 10.1. The molecule has 2 aliphatic carbocycles. The fourth-order valence-corrected chi connectivity index (χ4v) is 7.90. The van der Waals surface area contributed by atoms with Crippen LogP contribution in [0.2, 0.25) is 36.3 Å². The number of fused-ring (bicyclic) bond motifs is 1. The first-order valence-corrected chi connectivity index (χ1v) is 21.2. The zero-order valence-corrected chi connectivity index (χ0v) is 29.4. The standard InChI is InChI=1S/C34H54O5Si2/c1-33(2,3)40(8,9)36-23-25-19-28(22-30(25)39-41(10,11)34(4,5)6)37-26-16-14-17-27(21-26)38-31-20-24-15-12-13-18-29(24)32(31)35-7/h12-18,21,25,28,30-32H,19-20,22-23H2,1-11H3/t25-,28+,30-,31-,32+/m0/s1. The first-order valence-electron chi connectivity index (χ1n) is 15.4. The van der Waals surface area contributed by atoms with Crippen LogP contribution in [0.15, 0.2) is 48.5 Å². The van der Waals surface area contributed by atoms with Crippen molar-refractivity contribution in [2.75, 3.05) is 13.7 Å². The van der Waals surface area contributed by atoms with Gasteiger partial charge in [-0.1, -0.05) is 71.9 Å². The maximum atomic E-state index is 7.02. The molecule has 2 aliphatic rings. The summed E-state index contributed by atoms with van der Waals surface area (Å²) in [6.07, 6.45) is 2.75. The second kappa shape index (κ2) is 12.2. The van der Waals surface area contributed by atoms with Crippen LogP contribution >= 0.6 is 0 Å². The molecule has 0 N–H and O–H groups in total. The summed E-state index contributed by atoms with van der Waals surface area (Å²) in [5.74, 6) is 1.98. The van der Waals surface area contributed by atoms with Crippen LogP contribution < -0.4 is 9.47 Å². The SMILES string of the molecule is CO[C@@H]1c2ccccc2C[C@@H]1Oc1cccc(O[C@@H]2C[C@@H](CO[Si](C)(C)C(C)(C)C)[C@@H](O[Si](C)(C)C(C)(C)C)C2)c1. The predicted octanol–water partition coefficient (Wildman–Crippen LogP) is 8.95. The molecular weight excluding hydrogens is 545 g/mol. The highest BCUT2D eigenvalue weighted by Crippen LogP contribution is 2.43.